The van der Waals surface area contributed by atoms with Crippen LogP contribution in [-0.2, 0) is 7.05 Å². The van der Waals surface area contributed by atoms with Crippen molar-refractivity contribution < 1.29 is 4.79 Å². The van der Waals surface area contributed by atoms with Gasteiger partial charge in [-0.05, 0) is 24.1 Å². The van der Waals surface area contributed by atoms with Gasteiger partial charge in [0, 0.05) is 36.5 Å². The Morgan fingerprint density at radius 3 is 2.48 bits per heavy atom. The highest BCUT2D eigenvalue weighted by molar-refractivity contribution is 7.99. The Morgan fingerprint density at radius 1 is 1.19 bits per heavy atom. The molecule has 1 saturated carbocycles. The summed E-state index contributed by atoms with van der Waals surface area (Å²) in [5.41, 5.74) is 2.67. The van der Waals surface area contributed by atoms with Crippen LogP contribution in [-0.4, -0.2) is 35.6 Å². The highest BCUT2D eigenvalue weighted by Crippen LogP contribution is 2.59. The number of ketones is 1. The quantitative estimate of drug-likeness (QED) is 0.334. The number of nitrogens with zero attached hydrogens (tertiary/aromatic N) is 4. The number of rotatable bonds is 6. The maximum atomic E-state index is 12.5. The molecule has 1 aromatic carbocycles. The molecule has 0 amide bonds. The molecule has 27 heavy (non-hydrogen) atoms. The molecule has 3 aromatic rings. The average Bonchev–Trinajstić information content (AvgIpc) is 3.16. The first-order chi connectivity index (χ1) is 13.0. The van der Waals surface area contributed by atoms with E-state index in [0.717, 1.165) is 23.4 Å². The number of pyridine rings is 1. The minimum atomic E-state index is -0.654. The molecule has 4 rings (SSSR count). The molecule has 1 aliphatic carbocycles. The third-order valence-corrected chi connectivity index (χ3v) is 6.42. The van der Waals surface area contributed by atoms with Crippen LogP contribution in [0.1, 0.15) is 28.3 Å². The van der Waals surface area contributed by atoms with E-state index < -0.39 is 4.33 Å². The van der Waals surface area contributed by atoms with Gasteiger partial charge in [0.1, 0.15) is 4.33 Å². The van der Waals surface area contributed by atoms with Crippen LogP contribution in [0.25, 0.3) is 11.4 Å². The Balaban J connectivity index is 1.40. The predicted molar refractivity (Wildman–Crippen MR) is 108 cm³/mol. The van der Waals surface area contributed by atoms with Crippen LogP contribution in [0.15, 0.2) is 53.9 Å². The second-order valence-electron chi connectivity index (χ2n) is 6.45. The van der Waals surface area contributed by atoms with Gasteiger partial charge in [-0.2, -0.15) is 0 Å². The topological polar surface area (TPSA) is 60.7 Å². The first kappa shape index (κ1) is 18.5. The van der Waals surface area contributed by atoms with E-state index in [1.165, 1.54) is 11.8 Å². The molecule has 0 aliphatic heterocycles. The van der Waals surface area contributed by atoms with Crippen molar-refractivity contribution in [1.82, 2.24) is 19.7 Å². The Hall–Kier alpha value is -1.89. The van der Waals surface area contributed by atoms with Crippen LogP contribution < -0.4 is 0 Å². The highest BCUT2D eigenvalue weighted by atomic mass is 35.5. The Labute approximate surface area is 171 Å². The average molecular weight is 419 g/mol. The van der Waals surface area contributed by atoms with Gasteiger partial charge < -0.3 is 4.57 Å². The van der Waals surface area contributed by atoms with Crippen molar-refractivity contribution in [2.75, 3.05) is 5.75 Å². The van der Waals surface area contributed by atoms with Gasteiger partial charge in [0.15, 0.2) is 16.8 Å². The second kappa shape index (κ2) is 7.26. The van der Waals surface area contributed by atoms with Crippen molar-refractivity contribution >= 4 is 40.7 Å². The van der Waals surface area contributed by atoms with Gasteiger partial charge in [0.25, 0.3) is 0 Å². The third-order valence-electron chi connectivity index (χ3n) is 4.57. The molecule has 138 valence electrons. The van der Waals surface area contributed by atoms with Crippen LogP contribution >= 0.6 is 35.0 Å². The fourth-order valence-electron chi connectivity index (χ4n) is 2.88. The number of Topliss-reactive ketones (excluding diaryl/α,β-unsaturated/α-hetero) is 1. The molecule has 1 atom stereocenters. The van der Waals surface area contributed by atoms with Crippen LogP contribution in [0.4, 0.5) is 0 Å². The smallest absolute Gasteiger partial charge is 0.191 e. The minimum Gasteiger partial charge on any atom is -0.305 e. The Bertz CT molecular complexity index is 973. The molecule has 2 aromatic heterocycles. The first-order valence-electron chi connectivity index (χ1n) is 8.39. The summed E-state index contributed by atoms with van der Waals surface area (Å²) in [5, 5.41) is 9.10. The fraction of sp³-hybridized carbons (Fsp3) is 0.263. The monoisotopic (exact) mass is 418 g/mol. The molecule has 1 aliphatic rings. The lowest BCUT2D eigenvalue weighted by Crippen LogP contribution is -2.04. The normalized spacial score (nSPS) is 17.7. The van der Waals surface area contributed by atoms with Crippen molar-refractivity contribution in [2.24, 2.45) is 7.05 Å². The molecule has 0 unspecified atom stereocenters. The first-order valence-corrected chi connectivity index (χ1v) is 10.1. The zero-order valence-corrected chi connectivity index (χ0v) is 16.8. The summed E-state index contributed by atoms with van der Waals surface area (Å²) in [5.74, 6) is 1.23. The highest BCUT2D eigenvalue weighted by Gasteiger charge is 2.52. The van der Waals surface area contributed by atoms with Crippen LogP contribution in [0.5, 0.6) is 0 Å². The molecule has 0 bridgehead atoms. The summed E-state index contributed by atoms with van der Waals surface area (Å²) in [6.07, 6.45) is 4.18. The van der Waals surface area contributed by atoms with E-state index in [1.54, 1.807) is 12.4 Å². The molecule has 2 heterocycles. The van der Waals surface area contributed by atoms with Gasteiger partial charge in [-0.15, -0.1) is 33.4 Å². The summed E-state index contributed by atoms with van der Waals surface area (Å²) < 4.78 is 1.23. The van der Waals surface area contributed by atoms with E-state index in [9.17, 15) is 4.79 Å². The Kier molecular flexibility index (Phi) is 4.97. The lowest BCUT2D eigenvalue weighted by molar-refractivity contribution is 0.102. The van der Waals surface area contributed by atoms with E-state index in [4.69, 9.17) is 23.2 Å². The maximum Gasteiger partial charge on any atom is 0.191 e. The number of aromatic nitrogens is 4. The number of benzene rings is 1. The van der Waals surface area contributed by atoms with E-state index >= 15 is 0 Å². The zero-order chi connectivity index (χ0) is 19.0. The fourth-order valence-corrected chi connectivity index (χ4v) is 4.25. The van der Waals surface area contributed by atoms with E-state index in [0.29, 0.717) is 16.5 Å². The van der Waals surface area contributed by atoms with Crippen LogP contribution in [0.3, 0.4) is 0 Å². The summed E-state index contributed by atoms with van der Waals surface area (Å²) in [6, 6.07) is 11.3. The van der Waals surface area contributed by atoms with Crippen LogP contribution in [0.2, 0.25) is 0 Å². The summed E-state index contributed by atoms with van der Waals surface area (Å²) in [7, 11) is 1.89. The maximum absolute atomic E-state index is 12.5. The van der Waals surface area contributed by atoms with Gasteiger partial charge in [0.2, 0.25) is 0 Å². The third kappa shape index (κ3) is 3.88. The standard InChI is InChI=1S/C19H16Cl2N4OS/c1-25-17(14-6-8-22-9-7-14)23-24-18(25)27-11-16(26)13-4-2-12(3-5-13)15-10-19(15,20)21/h2-9,15H,10-11H2,1H3/t15-/m0/s1. The van der Waals surface area contributed by atoms with E-state index in [-0.39, 0.29) is 11.7 Å². The second-order valence-corrected chi connectivity index (χ2v) is 8.94. The SMILES string of the molecule is Cn1c(SCC(=O)c2ccc([C@@H]3CC3(Cl)Cl)cc2)nnc1-c1ccncc1. The van der Waals surface area contributed by atoms with Crippen molar-refractivity contribution in [3.8, 4) is 11.4 Å². The molecular formula is C19H16Cl2N4OS. The van der Waals surface area contributed by atoms with Crippen molar-refractivity contribution in [1.29, 1.82) is 0 Å². The lowest BCUT2D eigenvalue weighted by atomic mass is 10.1. The largest absolute Gasteiger partial charge is 0.305 e. The molecule has 0 saturated heterocycles. The summed E-state index contributed by atoms with van der Waals surface area (Å²) >= 11 is 13.6. The molecule has 1 fully saturated rings. The van der Waals surface area contributed by atoms with Crippen molar-refractivity contribution in [3.63, 3.8) is 0 Å². The number of carbonyl (C=O) groups is 1. The number of hydrogen-bond donors (Lipinski definition) is 0. The summed E-state index contributed by atoms with van der Waals surface area (Å²) in [6.45, 7) is 0. The van der Waals surface area contributed by atoms with Gasteiger partial charge in [0.05, 0.1) is 5.75 Å². The number of alkyl halides is 2. The lowest BCUT2D eigenvalue weighted by Gasteiger charge is -2.05. The minimum absolute atomic E-state index is 0.0406. The van der Waals surface area contributed by atoms with Gasteiger partial charge >= 0.3 is 0 Å². The number of carbonyl (C=O) groups excluding carboxylic acids is 1. The molecule has 5 nitrogen and oxygen atoms in total. The van der Waals surface area contributed by atoms with Crippen molar-refractivity contribution in [2.45, 2.75) is 21.8 Å². The predicted octanol–water partition coefficient (Wildman–Crippen LogP) is 4.51. The number of hydrogen-bond acceptors (Lipinski definition) is 5. The van der Waals surface area contributed by atoms with E-state index in [1.807, 2.05) is 48.0 Å². The zero-order valence-electron chi connectivity index (χ0n) is 14.5. The van der Waals surface area contributed by atoms with Gasteiger partial charge in [-0.1, -0.05) is 36.0 Å². The van der Waals surface area contributed by atoms with Crippen molar-refractivity contribution in [3.05, 3.63) is 59.9 Å². The number of thioether (sulfide) groups is 1. The van der Waals surface area contributed by atoms with Gasteiger partial charge in [-0.3, -0.25) is 9.78 Å². The molecular weight excluding hydrogens is 403 g/mol. The molecule has 0 spiro atoms. The molecule has 0 N–H and O–H groups in total. The Morgan fingerprint density at radius 2 is 1.85 bits per heavy atom. The number of halogens is 2. The molecule has 8 heteroatoms. The van der Waals surface area contributed by atoms with Gasteiger partial charge in [-0.25, -0.2) is 0 Å². The summed E-state index contributed by atoms with van der Waals surface area (Å²) in [4.78, 5) is 16.5. The van der Waals surface area contributed by atoms with Crippen LogP contribution in [0, 0.1) is 0 Å². The molecule has 0 radical (unpaired) electrons. The van der Waals surface area contributed by atoms with E-state index in [2.05, 4.69) is 15.2 Å².